The zero-order valence-electron chi connectivity index (χ0n) is 12.5. The molecule has 0 heterocycles. The van der Waals surface area contributed by atoms with Crippen LogP contribution < -0.4 is 14.8 Å². The van der Waals surface area contributed by atoms with Crippen molar-refractivity contribution >= 4 is 11.6 Å². The highest BCUT2D eigenvalue weighted by atomic mass is 35.5. The molecule has 2 aromatic rings. The van der Waals surface area contributed by atoms with E-state index in [4.69, 9.17) is 21.1 Å². The molecular weight excluding hydrogens is 286 g/mol. The lowest BCUT2D eigenvalue weighted by atomic mass is 10.1. The highest BCUT2D eigenvalue weighted by Gasteiger charge is 2.10. The molecule has 0 fully saturated rings. The average Bonchev–Trinajstić information content (AvgIpc) is 2.52. The Morgan fingerprint density at radius 2 is 1.86 bits per heavy atom. The number of methoxy groups -OCH3 is 2. The van der Waals surface area contributed by atoms with Gasteiger partial charge in [0.2, 0.25) is 0 Å². The van der Waals surface area contributed by atoms with E-state index < -0.39 is 0 Å². The molecule has 21 heavy (non-hydrogen) atoms. The van der Waals surface area contributed by atoms with E-state index in [0.29, 0.717) is 6.54 Å². The third-order valence-corrected chi connectivity index (χ3v) is 3.81. The van der Waals surface area contributed by atoms with Crippen molar-refractivity contribution in [3.8, 4) is 11.5 Å². The predicted molar refractivity (Wildman–Crippen MR) is 86.3 cm³/mol. The number of halogens is 1. The Morgan fingerprint density at radius 1 is 1.10 bits per heavy atom. The third kappa shape index (κ3) is 3.90. The van der Waals surface area contributed by atoms with Crippen LogP contribution in [0.2, 0.25) is 5.02 Å². The van der Waals surface area contributed by atoms with Crippen LogP contribution in [-0.2, 0) is 6.54 Å². The van der Waals surface area contributed by atoms with Gasteiger partial charge < -0.3 is 14.8 Å². The highest BCUT2D eigenvalue weighted by molar-refractivity contribution is 6.31. The minimum Gasteiger partial charge on any atom is -0.497 e. The van der Waals surface area contributed by atoms with Crippen molar-refractivity contribution in [1.29, 1.82) is 0 Å². The van der Waals surface area contributed by atoms with Crippen LogP contribution in [0.3, 0.4) is 0 Å². The van der Waals surface area contributed by atoms with Gasteiger partial charge in [-0.1, -0.05) is 35.9 Å². The van der Waals surface area contributed by atoms with E-state index in [1.807, 2.05) is 42.5 Å². The summed E-state index contributed by atoms with van der Waals surface area (Å²) < 4.78 is 10.6. The molecule has 1 atom stereocenters. The van der Waals surface area contributed by atoms with Crippen LogP contribution in [0.4, 0.5) is 0 Å². The third-order valence-electron chi connectivity index (χ3n) is 3.46. The molecule has 0 aliphatic carbocycles. The Kier molecular flexibility index (Phi) is 5.48. The predicted octanol–water partition coefficient (Wildman–Crippen LogP) is 4.21. The first-order valence-corrected chi connectivity index (χ1v) is 7.22. The van der Waals surface area contributed by atoms with Gasteiger partial charge in [-0.05, 0) is 24.6 Å². The Balaban J connectivity index is 2.08. The van der Waals surface area contributed by atoms with Crippen molar-refractivity contribution in [2.75, 3.05) is 14.2 Å². The summed E-state index contributed by atoms with van der Waals surface area (Å²) in [5, 5.41) is 4.24. The van der Waals surface area contributed by atoms with E-state index in [1.165, 1.54) is 0 Å². The van der Waals surface area contributed by atoms with Crippen molar-refractivity contribution in [3.63, 3.8) is 0 Å². The first kappa shape index (κ1) is 15.7. The maximum Gasteiger partial charge on any atom is 0.127 e. The molecule has 4 heteroatoms. The Morgan fingerprint density at radius 3 is 2.52 bits per heavy atom. The number of nitrogens with one attached hydrogen (secondary N) is 1. The molecular formula is C17H20ClNO2. The van der Waals surface area contributed by atoms with Crippen molar-refractivity contribution in [2.24, 2.45) is 0 Å². The van der Waals surface area contributed by atoms with Crippen LogP contribution >= 0.6 is 11.6 Å². The first-order chi connectivity index (χ1) is 10.2. The summed E-state index contributed by atoms with van der Waals surface area (Å²) in [6.45, 7) is 2.79. The molecule has 0 aliphatic rings. The van der Waals surface area contributed by atoms with Crippen LogP contribution in [0, 0.1) is 0 Å². The second-order valence-corrected chi connectivity index (χ2v) is 5.21. The number of hydrogen-bond donors (Lipinski definition) is 1. The summed E-state index contributed by atoms with van der Waals surface area (Å²) in [6.07, 6.45) is 0. The molecule has 3 nitrogen and oxygen atoms in total. The molecule has 0 aromatic heterocycles. The van der Waals surface area contributed by atoms with Crippen LogP contribution in [0.15, 0.2) is 42.5 Å². The Labute approximate surface area is 130 Å². The van der Waals surface area contributed by atoms with Gasteiger partial charge in [0, 0.05) is 29.2 Å². The summed E-state index contributed by atoms with van der Waals surface area (Å²) in [4.78, 5) is 0. The van der Waals surface area contributed by atoms with Crippen molar-refractivity contribution in [2.45, 2.75) is 19.5 Å². The van der Waals surface area contributed by atoms with E-state index in [9.17, 15) is 0 Å². The largest absolute Gasteiger partial charge is 0.497 e. The van der Waals surface area contributed by atoms with Gasteiger partial charge in [-0.3, -0.25) is 0 Å². The molecule has 0 aliphatic heterocycles. The Bertz CT molecular complexity index is 601. The molecule has 0 amide bonds. The van der Waals surface area contributed by atoms with Gasteiger partial charge in [0.25, 0.3) is 0 Å². The molecule has 2 rings (SSSR count). The second kappa shape index (κ2) is 7.34. The fourth-order valence-corrected chi connectivity index (χ4v) is 2.50. The second-order valence-electron chi connectivity index (χ2n) is 4.80. The van der Waals surface area contributed by atoms with Crippen LogP contribution in [-0.4, -0.2) is 14.2 Å². The topological polar surface area (TPSA) is 30.5 Å². The van der Waals surface area contributed by atoms with Crippen molar-refractivity contribution in [1.82, 2.24) is 5.32 Å². The lowest BCUT2D eigenvalue weighted by molar-refractivity contribution is 0.389. The van der Waals surface area contributed by atoms with Gasteiger partial charge in [0.15, 0.2) is 0 Å². The van der Waals surface area contributed by atoms with Gasteiger partial charge in [0.05, 0.1) is 14.2 Å². The summed E-state index contributed by atoms with van der Waals surface area (Å²) >= 11 is 6.22. The molecule has 112 valence electrons. The molecule has 0 bridgehead atoms. The number of benzene rings is 2. The number of rotatable bonds is 6. The molecule has 0 spiro atoms. The van der Waals surface area contributed by atoms with Crippen LogP contribution in [0.5, 0.6) is 11.5 Å². The molecule has 0 radical (unpaired) electrons. The maximum atomic E-state index is 6.22. The number of ether oxygens (including phenoxy) is 2. The molecule has 1 unspecified atom stereocenters. The van der Waals surface area contributed by atoms with Gasteiger partial charge in [-0.2, -0.15) is 0 Å². The summed E-state index contributed by atoms with van der Waals surface area (Å²) in [5.74, 6) is 1.60. The molecule has 2 aromatic carbocycles. The lowest BCUT2D eigenvalue weighted by Gasteiger charge is -2.17. The fraction of sp³-hybridized carbons (Fsp3) is 0.294. The smallest absolute Gasteiger partial charge is 0.127 e. The van der Waals surface area contributed by atoms with E-state index >= 15 is 0 Å². The van der Waals surface area contributed by atoms with Gasteiger partial charge in [0.1, 0.15) is 11.5 Å². The average molecular weight is 306 g/mol. The minimum atomic E-state index is 0.158. The van der Waals surface area contributed by atoms with E-state index in [0.717, 1.165) is 27.6 Å². The van der Waals surface area contributed by atoms with Crippen LogP contribution in [0.25, 0.3) is 0 Å². The van der Waals surface area contributed by atoms with E-state index in [2.05, 4.69) is 12.2 Å². The van der Waals surface area contributed by atoms with E-state index in [-0.39, 0.29) is 6.04 Å². The normalized spacial score (nSPS) is 12.0. The zero-order chi connectivity index (χ0) is 15.2. The molecule has 1 N–H and O–H groups in total. The Hall–Kier alpha value is -1.71. The van der Waals surface area contributed by atoms with Gasteiger partial charge >= 0.3 is 0 Å². The highest BCUT2D eigenvalue weighted by Crippen LogP contribution is 2.26. The standard InChI is InChI=1S/C17H20ClNO2/c1-12(15-6-4-5-7-16(15)18)19-11-13-8-9-14(20-2)10-17(13)21-3/h4-10,12,19H,11H2,1-3H3. The quantitative estimate of drug-likeness (QED) is 0.867. The summed E-state index contributed by atoms with van der Waals surface area (Å²) in [5.41, 5.74) is 2.17. The minimum absolute atomic E-state index is 0.158. The fourth-order valence-electron chi connectivity index (χ4n) is 2.20. The van der Waals surface area contributed by atoms with Crippen LogP contribution in [0.1, 0.15) is 24.1 Å². The summed E-state index contributed by atoms with van der Waals surface area (Å²) in [7, 11) is 3.31. The van der Waals surface area contributed by atoms with Crippen molar-refractivity contribution in [3.05, 3.63) is 58.6 Å². The molecule has 0 saturated carbocycles. The maximum absolute atomic E-state index is 6.22. The van der Waals surface area contributed by atoms with Crippen molar-refractivity contribution < 1.29 is 9.47 Å². The monoisotopic (exact) mass is 305 g/mol. The SMILES string of the molecule is COc1ccc(CNC(C)c2ccccc2Cl)c(OC)c1. The zero-order valence-corrected chi connectivity index (χ0v) is 13.3. The van der Waals surface area contributed by atoms with Gasteiger partial charge in [-0.15, -0.1) is 0 Å². The lowest BCUT2D eigenvalue weighted by Crippen LogP contribution is -2.18. The summed E-state index contributed by atoms with van der Waals surface area (Å²) in [6, 6.07) is 13.8. The molecule has 0 saturated heterocycles. The van der Waals surface area contributed by atoms with Gasteiger partial charge in [-0.25, -0.2) is 0 Å². The first-order valence-electron chi connectivity index (χ1n) is 6.84. The number of hydrogen-bond acceptors (Lipinski definition) is 3. The van der Waals surface area contributed by atoms with E-state index in [1.54, 1.807) is 14.2 Å².